The molecule has 0 atom stereocenters. The van der Waals surface area contributed by atoms with Crippen molar-refractivity contribution in [3.8, 4) is 5.75 Å². The number of nitro groups is 1. The summed E-state index contributed by atoms with van der Waals surface area (Å²) in [5.41, 5.74) is 2.24. The molecule has 0 aliphatic rings. The van der Waals surface area contributed by atoms with E-state index in [9.17, 15) is 14.9 Å². The maximum absolute atomic E-state index is 11.6. The molecule has 1 aromatic rings. The maximum atomic E-state index is 11.6. The first-order valence-electron chi connectivity index (χ1n) is 7.71. The van der Waals surface area contributed by atoms with Crippen molar-refractivity contribution in [2.24, 2.45) is 0 Å². The SMILES string of the molecule is CC(C)=CCC/C(C)=C/COC(=O)COc1ccccc1[N+](=O)[O-]. The molecule has 0 spiro atoms. The molecule has 0 aliphatic heterocycles. The molecule has 0 aromatic heterocycles. The van der Waals surface area contributed by atoms with Gasteiger partial charge in [0, 0.05) is 6.07 Å². The van der Waals surface area contributed by atoms with Crippen LogP contribution in [0.4, 0.5) is 5.69 Å². The molecule has 0 fully saturated rings. The van der Waals surface area contributed by atoms with E-state index in [-0.39, 0.29) is 24.7 Å². The molecule has 0 bridgehead atoms. The fourth-order valence-corrected chi connectivity index (χ4v) is 1.88. The Morgan fingerprint density at radius 1 is 1.21 bits per heavy atom. The Balaban J connectivity index is 2.37. The third kappa shape index (κ3) is 7.58. The van der Waals surface area contributed by atoms with Gasteiger partial charge in [0.25, 0.3) is 0 Å². The number of rotatable bonds is 9. The van der Waals surface area contributed by atoms with Crippen molar-refractivity contribution in [3.63, 3.8) is 0 Å². The third-order valence-electron chi connectivity index (χ3n) is 3.17. The number of hydrogen-bond donors (Lipinski definition) is 0. The number of carbonyl (C=O) groups is 1. The quantitative estimate of drug-likeness (QED) is 0.293. The lowest BCUT2D eigenvalue weighted by atomic mass is 10.1. The van der Waals surface area contributed by atoms with E-state index in [1.807, 2.05) is 13.0 Å². The number of nitro benzene ring substituents is 1. The average molecular weight is 333 g/mol. The van der Waals surface area contributed by atoms with Crippen LogP contribution in [0.15, 0.2) is 47.6 Å². The maximum Gasteiger partial charge on any atom is 0.344 e. The molecule has 0 saturated carbocycles. The summed E-state index contributed by atoms with van der Waals surface area (Å²) in [5.74, 6) is -0.519. The van der Waals surface area contributed by atoms with E-state index in [0.29, 0.717) is 0 Å². The molecule has 0 N–H and O–H groups in total. The number of benzene rings is 1. The van der Waals surface area contributed by atoms with Crippen molar-refractivity contribution in [2.45, 2.75) is 33.6 Å². The lowest BCUT2D eigenvalue weighted by Crippen LogP contribution is -2.15. The Morgan fingerprint density at radius 3 is 2.58 bits per heavy atom. The van der Waals surface area contributed by atoms with Crippen LogP contribution in [0.25, 0.3) is 0 Å². The Bertz CT molecular complexity index is 630. The topological polar surface area (TPSA) is 78.7 Å². The molecule has 0 heterocycles. The fraction of sp³-hybridized carbons (Fsp3) is 0.389. The highest BCUT2D eigenvalue weighted by atomic mass is 16.6. The highest BCUT2D eigenvalue weighted by molar-refractivity contribution is 5.71. The minimum Gasteiger partial charge on any atom is -0.475 e. The number of allylic oxidation sites excluding steroid dienone is 3. The van der Waals surface area contributed by atoms with Gasteiger partial charge in [-0.25, -0.2) is 4.79 Å². The smallest absolute Gasteiger partial charge is 0.344 e. The Kier molecular flexibility index (Phi) is 8.25. The molecule has 0 unspecified atom stereocenters. The Hall–Kier alpha value is -2.63. The van der Waals surface area contributed by atoms with Gasteiger partial charge in [-0.2, -0.15) is 0 Å². The number of esters is 1. The van der Waals surface area contributed by atoms with Crippen molar-refractivity contribution in [1.29, 1.82) is 0 Å². The minimum absolute atomic E-state index is 0.0490. The van der Waals surface area contributed by atoms with Crippen LogP contribution in [0.3, 0.4) is 0 Å². The summed E-state index contributed by atoms with van der Waals surface area (Å²) < 4.78 is 10.2. The zero-order valence-electron chi connectivity index (χ0n) is 14.3. The van der Waals surface area contributed by atoms with Crippen LogP contribution < -0.4 is 4.74 Å². The van der Waals surface area contributed by atoms with Crippen LogP contribution in [0, 0.1) is 10.1 Å². The first-order chi connectivity index (χ1) is 11.4. The van der Waals surface area contributed by atoms with E-state index >= 15 is 0 Å². The fourth-order valence-electron chi connectivity index (χ4n) is 1.88. The highest BCUT2D eigenvalue weighted by Gasteiger charge is 2.15. The summed E-state index contributed by atoms with van der Waals surface area (Å²) in [6, 6.07) is 5.90. The number of hydrogen-bond acceptors (Lipinski definition) is 5. The van der Waals surface area contributed by atoms with Crippen LogP contribution >= 0.6 is 0 Å². The van der Waals surface area contributed by atoms with Crippen molar-refractivity contribution in [1.82, 2.24) is 0 Å². The van der Waals surface area contributed by atoms with E-state index in [2.05, 4.69) is 19.9 Å². The third-order valence-corrected chi connectivity index (χ3v) is 3.17. The number of carbonyl (C=O) groups excluding carboxylic acids is 1. The van der Waals surface area contributed by atoms with Crippen LogP contribution in [0.2, 0.25) is 0 Å². The molecular formula is C18H23NO5. The van der Waals surface area contributed by atoms with Gasteiger partial charge in [0.15, 0.2) is 12.4 Å². The van der Waals surface area contributed by atoms with Crippen LogP contribution in [0.5, 0.6) is 5.75 Å². The summed E-state index contributed by atoms with van der Waals surface area (Å²) in [6.07, 6.45) is 5.88. The van der Waals surface area contributed by atoms with E-state index in [1.54, 1.807) is 6.07 Å². The second-order valence-electron chi connectivity index (χ2n) is 5.57. The normalized spacial score (nSPS) is 10.9. The molecule has 0 saturated heterocycles. The summed E-state index contributed by atoms with van der Waals surface area (Å²) >= 11 is 0. The van der Waals surface area contributed by atoms with Crippen LogP contribution in [-0.4, -0.2) is 24.1 Å². The van der Waals surface area contributed by atoms with Gasteiger partial charge in [0.05, 0.1) is 4.92 Å². The molecule has 0 radical (unpaired) electrons. The number of ether oxygens (including phenoxy) is 2. The molecule has 6 heteroatoms. The summed E-state index contributed by atoms with van der Waals surface area (Å²) in [7, 11) is 0. The van der Waals surface area contributed by atoms with Gasteiger partial charge in [-0.3, -0.25) is 10.1 Å². The summed E-state index contributed by atoms with van der Waals surface area (Å²) in [5, 5.41) is 10.8. The van der Waals surface area contributed by atoms with Gasteiger partial charge in [0.1, 0.15) is 6.61 Å². The lowest BCUT2D eigenvalue weighted by Gasteiger charge is -2.06. The Morgan fingerprint density at radius 2 is 1.92 bits per heavy atom. The van der Waals surface area contributed by atoms with E-state index < -0.39 is 10.9 Å². The van der Waals surface area contributed by atoms with Crippen molar-refractivity contribution in [3.05, 3.63) is 57.7 Å². The largest absolute Gasteiger partial charge is 0.475 e. The molecule has 1 rings (SSSR count). The van der Waals surface area contributed by atoms with Crippen LogP contribution in [-0.2, 0) is 9.53 Å². The molecule has 24 heavy (non-hydrogen) atoms. The van der Waals surface area contributed by atoms with Gasteiger partial charge >= 0.3 is 11.7 Å². The zero-order chi connectivity index (χ0) is 17.9. The van der Waals surface area contributed by atoms with Gasteiger partial charge in [-0.1, -0.05) is 29.4 Å². The average Bonchev–Trinajstić information content (AvgIpc) is 2.52. The Labute approximate surface area is 141 Å². The van der Waals surface area contributed by atoms with Gasteiger partial charge in [-0.15, -0.1) is 0 Å². The lowest BCUT2D eigenvalue weighted by molar-refractivity contribution is -0.385. The number of para-hydroxylation sites is 2. The predicted molar refractivity (Wildman–Crippen MR) is 92.0 cm³/mol. The van der Waals surface area contributed by atoms with Crippen molar-refractivity contribution >= 4 is 11.7 Å². The van der Waals surface area contributed by atoms with E-state index in [1.165, 1.54) is 23.8 Å². The standard InChI is InChI=1S/C18H23NO5/c1-14(2)7-6-8-15(3)11-12-23-18(20)13-24-17-10-5-4-9-16(17)19(21)22/h4-5,7,9-11H,6,8,12-13H2,1-3H3/b15-11+. The molecule has 0 aliphatic carbocycles. The molecule has 130 valence electrons. The zero-order valence-corrected chi connectivity index (χ0v) is 14.3. The molecule has 1 aromatic carbocycles. The van der Waals surface area contributed by atoms with Crippen molar-refractivity contribution < 1.29 is 19.2 Å². The van der Waals surface area contributed by atoms with Gasteiger partial charge in [0.2, 0.25) is 0 Å². The summed E-state index contributed by atoms with van der Waals surface area (Å²) in [6.45, 7) is 5.89. The summed E-state index contributed by atoms with van der Waals surface area (Å²) in [4.78, 5) is 21.9. The highest BCUT2D eigenvalue weighted by Crippen LogP contribution is 2.25. The van der Waals surface area contributed by atoms with Gasteiger partial charge < -0.3 is 9.47 Å². The number of nitrogens with zero attached hydrogens (tertiary/aromatic N) is 1. The van der Waals surface area contributed by atoms with Crippen molar-refractivity contribution in [2.75, 3.05) is 13.2 Å². The molecular weight excluding hydrogens is 310 g/mol. The second kappa shape index (κ2) is 10.2. The van der Waals surface area contributed by atoms with E-state index in [0.717, 1.165) is 18.4 Å². The molecule has 0 amide bonds. The van der Waals surface area contributed by atoms with E-state index in [4.69, 9.17) is 9.47 Å². The predicted octanol–water partition coefficient (Wildman–Crippen LogP) is 4.21. The first-order valence-corrected chi connectivity index (χ1v) is 7.71. The first kappa shape index (κ1) is 19.4. The molecule has 6 nitrogen and oxygen atoms in total. The van der Waals surface area contributed by atoms with Gasteiger partial charge in [-0.05, 0) is 45.8 Å². The minimum atomic E-state index is -0.568. The monoisotopic (exact) mass is 333 g/mol. The van der Waals surface area contributed by atoms with Crippen LogP contribution in [0.1, 0.15) is 33.6 Å². The second-order valence-corrected chi connectivity index (χ2v) is 5.57.